The minimum absolute atomic E-state index is 0.0159. The number of amides is 1. The predicted octanol–water partition coefficient (Wildman–Crippen LogP) is 1.81. The first-order valence-corrected chi connectivity index (χ1v) is 7.68. The third-order valence-corrected chi connectivity index (χ3v) is 4.18. The van der Waals surface area contributed by atoms with Crippen molar-refractivity contribution < 1.29 is 4.79 Å². The molecule has 110 valence electrons. The zero-order chi connectivity index (χ0) is 14.5. The molecule has 1 amide bonds. The summed E-state index contributed by atoms with van der Waals surface area (Å²) < 4.78 is 0.913. The Kier molecular flexibility index (Phi) is 5.51. The summed E-state index contributed by atoms with van der Waals surface area (Å²) in [5.41, 5.74) is 0. The summed E-state index contributed by atoms with van der Waals surface area (Å²) in [6.07, 6.45) is 2.17. The van der Waals surface area contributed by atoms with Crippen LogP contribution in [0.2, 0.25) is 0 Å². The maximum absolute atomic E-state index is 11.9. The molecule has 20 heavy (non-hydrogen) atoms. The number of anilines is 1. The summed E-state index contributed by atoms with van der Waals surface area (Å²) in [5.74, 6) is 0.610. The van der Waals surface area contributed by atoms with E-state index in [9.17, 15) is 4.79 Å². The fourth-order valence-corrected chi connectivity index (χ4v) is 2.60. The van der Waals surface area contributed by atoms with Gasteiger partial charge in [0.2, 0.25) is 5.91 Å². The van der Waals surface area contributed by atoms with Crippen LogP contribution in [0, 0.1) is 0 Å². The van der Waals surface area contributed by atoms with E-state index >= 15 is 0 Å². The molecule has 1 aliphatic rings. The molecule has 5 nitrogen and oxygen atoms in total. The van der Waals surface area contributed by atoms with E-state index in [0.717, 1.165) is 30.7 Å². The summed E-state index contributed by atoms with van der Waals surface area (Å²) >= 11 is 3.36. The zero-order valence-corrected chi connectivity index (χ0v) is 13.6. The van der Waals surface area contributed by atoms with Crippen LogP contribution in [-0.2, 0) is 4.79 Å². The first kappa shape index (κ1) is 15.4. The standard InChI is InChI=1S/C14H21BrN4O/c1-11-10-19(8-7-18(11)2)6-4-14(20)17-13-9-12(15)3-5-16-13/h3,5,9,11H,4,6-8,10H2,1-2H3,(H,16,17,20). The Bertz CT molecular complexity index is 468. The van der Waals surface area contributed by atoms with E-state index in [-0.39, 0.29) is 5.91 Å². The van der Waals surface area contributed by atoms with Gasteiger partial charge < -0.3 is 15.1 Å². The van der Waals surface area contributed by atoms with Crippen molar-refractivity contribution in [2.75, 3.05) is 38.5 Å². The number of aromatic nitrogens is 1. The smallest absolute Gasteiger partial charge is 0.226 e. The van der Waals surface area contributed by atoms with Crippen LogP contribution in [-0.4, -0.2) is 60.0 Å². The number of halogens is 1. The number of pyridine rings is 1. The van der Waals surface area contributed by atoms with E-state index in [2.05, 4.69) is 50.0 Å². The van der Waals surface area contributed by atoms with E-state index in [1.165, 1.54) is 0 Å². The molecule has 1 aromatic rings. The summed E-state index contributed by atoms with van der Waals surface area (Å²) in [5, 5.41) is 2.83. The van der Waals surface area contributed by atoms with Crippen molar-refractivity contribution in [2.45, 2.75) is 19.4 Å². The fourth-order valence-electron chi connectivity index (χ4n) is 2.27. The lowest BCUT2D eigenvalue weighted by Crippen LogP contribution is -2.50. The number of likely N-dealkylation sites (N-methyl/N-ethyl adjacent to an activating group) is 1. The number of hydrogen-bond acceptors (Lipinski definition) is 4. The summed E-state index contributed by atoms with van der Waals surface area (Å²) in [6, 6.07) is 4.19. The number of carbonyl (C=O) groups is 1. The zero-order valence-electron chi connectivity index (χ0n) is 12.0. The normalized spacial score (nSPS) is 20.9. The second kappa shape index (κ2) is 7.15. The summed E-state index contributed by atoms with van der Waals surface area (Å²) in [4.78, 5) is 20.7. The van der Waals surface area contributed by atoms with E-state index in [4.69, 9.17) is 0 Å². The SMILES string of the molecule is CC1CN(CCC(=O)Nc2cc(Br)ccn2)CCN1C. The molecule has 1 unspecified atom stereocenters. The number of nitrogens with one attached hydrogen (secondary N) is 1. The minimum atomic E-state index is 0.0159. The molecule has 0 aromatic carbocycles. The van der Waals surface area contributed by atoms with Gasteiger partial charge in [-0.1, -0.05) is 15.9 Å². The monoisotopic (exact) mass is 340 g/mol. The van der Waals surface area contributed by atoms with Crippen LogP contribution in [0.25, 0.3) is 0 Å². The van der Waals surface area contributed by atoms with Gasteiger partial charge in [0.05, 0.1) is 0 Å². The van der Waals surface area contributed by atoms with Gasteiger partial charge in [0.25, 0.3) is 0 Å². The van der Waals surface area contributed by atoms with Crippen LogP contribution in [0.1, 0.15) is 13.3 Å². The molecule has 0 bridgehead atoms. The molecule has 2 heterocycles. The Morgan fingerprint density at radius 1 is 1.55 bits per heavy atom. The highest BCUT2D eigenvalue weighted by Crippen LogP contribution is 2.13. The Hall–Kier alpha value is -0.980. The molecule has 2 rings (SSSR count). The number of rotatable bonds is 4. The van der Waals surface area contributed by atoms with Crippen LogP contribution >= 0.6 is 15.9 Å². The molecule has 1 aromatic heterocycles. The third kappa shape index (κ3) is 4.54. The lowest BCUT2D eigenvalue weighted by atomic mass is 10.2. The Balaban J connectivity index is 1.75. The van der Waals surface area contributed by atoms with Gasteiger partial charge >= 0.3 is 0 Å². The quantitative estimate of drug-likeness (QED) is 0.908. The highest BCUT2D eigenvalue weighted by atomic mass is 79.9. The molecule has 1 saturated heterocycles. The second-order valence-electron chi connectivity index (χ2n) is 5.29. The maximum atomic E-state index is 11.9. The largest absolute Gasteiger partial charge is 0.311 e. The van der Waals surface area contributed by atoms with Gasteiger partial charge in [0.1, 0.15) is 5.82 Å². The number of piperazine rings is 1. The van der Waals surface area contributed by atoms with Gasteiger partial charge in [-0.05, 0) is 26.1 Å². The molecule has 0 aliphatic carbocycles. The lowest BCUT2D eigenvalue weighted by Gasteiger charge is -2.37. The molecule has 0 radical (unpaired) electrons. The van der Waals surface area contributed by atoms with Crippen molar-refractivity contribution in [1.82, 2.24) is 14.8 Å². The van der Waals surface area contributed by atoms with Gasteiger partial charge in [0.15, 0.2) is 0 Å². The first-order chi connectivity index (χ1) is 9.54. The van der Waals surface area contributed by atoms with E-state index in [1.54, 1.807) is 12.3 Å². The molecular weight excluding hydrogens is 320 g/mol. The van der Waals surface area contributed by atoms with E-state index < -0.39 is 0 Å². The summed E-state index contributed by atoms with van der Waals surface area (Å²) in [6.45, 7) is 6.15. The van der Waals surface area contributed by atoms with Crippen molar-refractivity contribution in [3.8, 4) is 0 Å². The van der Waals surface area contributed by atoms with Gasteiger partial charge in [-0.3, -0.25) is 4.79 Å². The van der Waals surface area contributed by atoms with Crippen LogP contribution in [0.15, 0.2) is 22.8 Å². The second-order valence-corrected chi connectivity index (χ2v) is 6.20. The Morgan fingerprint density at radius 2 is 2.35 bits per heavy atom. The minimum Gasteiger partial charge on any atom is -0.311 e. The van der Waals surface area contributed by atoms with Gasteiger partial charge in [-0.2, -0.15) is 0 Å². The molecule has 1 N–H and O–H groups in total. The highest BCUT2D eigenvalue weighted by molar-refractivity contribution is 9.10. The van der Waals surface area contributed by atoms with Gasteiger partial charge in [-0.15, -0.1) is 0 Å². The summed E-state index contributed by atoms with van der Waals surface area (Å²) in [7, 11) is 2.15. The number of nitrogens with zero attached hydrogens (tertiary/aromatic N) is 3. The molecule has 1 fully saturated rings. The topological polar surface area (TPSA) is 48.5 Å². The lowest BCUT2D eigenvalue weighted by molar-refractivity contribution is -0.116. The molecule has 1 aliphatic heterocycles. The molecule has 0 spiro atoms. The first-order valence-electron chi connectivity index (χ1n) is 6.88. The predicted molar refractivity (Wildman–Crippen MR) is 83.7 cm³/mol. The third-order valence-electron chi connectivity index (χ3n) is 3.69. The van der Waals surface area contributed by atoms with Gasteiger partial charge in [-0.25, -0.2) is 4.98 Å². The average Bonchev–Trinajstić information content (AvgIpc) is 2.40. The molecule has 6 heteroatoms. The fraction of sp³-hybridized carbons (Fsp3) is 0.571. The van der Waals surface area contributed by atoms with E-state index in [0.29, 0.717) is 18.3 Å². The number of hydrogen-bond donors (Lipinski definition) is 1. The van der Waals surface area contributed by atoms with Crippen molar-refractivity contribution >= 4 is 27.7 Å². The van der Waals surface area contributed by atoms with Crippen LogP contribution < -0.4 is 5.32 Å². The average molecular weight is 341 g/mol. The molecule has 0 saturated carbocycles. The van der Waals surface area contributed by atoms with Crippen molar-refractivity contribution in [3.63, 3.8) is 0 Å². The van der Waals surface area contributed by atoms with Crippen molar-refractivity contribution in [2.24, 2.45) is 0 Å². The van der Waals surface area contributed by atoms with E-state index in [1.807, 2.05) is 6.07 Å². The van der Waals surface area contributed by atoms with Crippen molar-refractivity contribution in [3.05, 3.63) is 22.8 Å². The molecular formula is C14H21BrN4O. The number of carbonyl (C=O) groups excluding carboxylic acids is 1. The van der Waals surface area contributed by atoms with Crippen molar-refractivity contribution in [1.29, 1.82) is 0 Å². The van der Waals surface area contributed by atoms with Crippen LogP contribution in [0.3, 0.4) is 0 Å². The van der Waals surface area contributed by atoms with Crippen LogP contribution in [0.5, 0.6) is 0 Å². The van der Waals surface area contributed by atoms with Gasteiger partial charge in [0, 0.05) is 49.3 Å². The maximum Gasteiger partial charge on any atom is 0.226 e. The highest BCUT2D eigenvalue weighted by Gasteiger charge is 2.20. The van der Waals surface area contributed by atoms with Crippen LogP contribution in [0.4, 0.5) is 5.82 Å². The molecule has 1 atom stereocenters. The Morgan fingerprint density at radius 3 is 3.05 bits per heavy atom. The Labute approximate surface area is 128 Å².